The van der Waals surface area contributed by atoms with E-state index in [9.17, 15) is 22.8 Å². The van der Waals surface area contributed by atoms with E-state index >= 15 is 0 Å². The number of sulfonamides is 1. The zero-order chi connectivity index (χ0) is 29.6. The Morgan fingerprint density at radius 2 is 1.63 bits per heavy atom. The number of nitrogens with zero attached hydrogens (tertiary/aromatic N) is 2. The van der Waals surface area contributed by atoms with Gasteiger partial charge in [0.15, 0.2) is 0 Å². The number of nitrogens with one attached hydrogen (secondary N) is 1. The summed E-state index contributed by atoms with van der Waals surface area (Å²) >= 11 is 6.46. The average molecular weight is 596 g/mol. The van der Waals surface area contributed by atoms with Gasteiger partial charge in [-0.05, 0) is 49.1 Å². The first kappa shape index (κ1) is 30.3. The van der Waals surface area contributed by atoms with Crippen LogP contribution in [-0.2, 0) is 32.6 Å². The second-order valence-electron chi connectivity index (χ2n) is 10.1. The van der Waals surface area contributed by atoms with Crippen LogP contribution in [0.25, 0.3) is 0 Å². The molecule has 0 unspecified atom stereocenters. The van der Waals surface area contributed by atoms with Gasteiger partial charge in [-0.2, -0.15) is 0 Å². The molecule has 10 heteroatoms. The fourth-order valence-electron chi connectivity index (χ4n) is 4.77. The van der Waals surface area contributed by atoms with Crippen LogP contribution < -0.4 is 5.32 Å². The van der Waals surface area contributed by atoms with E-state index in [4.69, 9.17) is 11.6 Å². The molecule has 3 amide bonds. The Bertz CT molecular complexity index is 1510. The number of amides is 3. The van der Waals surface area contributed by atoms with Crippen LogP contribution in [0.15, 0.2) is 83.8 Å². The minimum Gasteiger partial charge on any atom is -0.352 e. The van der Waals surface area contributed by atoms with Gasteiger partial charge in [0, 0.05) is 37.0 Å². The number of hydrogen-bond donors (Lipinski definition) is 1. The van der Waals surface area contributed by atoms with Gasteiger partial charge in [-0.3, -0.25) is 14.4 Å². The monoisotopic (exact) mass is 595 g/mol. The normalized spacial score (nSPS) is 15.2. The maximum Gasteiger partial charge on any atom is 0.269 e. The maximum absolute atomic E-state index is 13.8. The molecule has 0 saturated carbocycles. The molecule has 1 aliphatic rings. The molecule has 1 heterocycles. The molecule has 8 nitrogen and oxygen atoms in total. The lowest BCUT2D eigenvalue weighted by Gasteiger charge is -2.32. The van der Waals surface area contributed by atoms with Crippen LogP contribution in [0.5, 0.6) is 0 Å². The summed E-state index contributed by atoms with van der Waals surface area (Å²) in [7, 11) is -3.98. The molecule has 41 heavy (non-hydrogen) atoms. The highest BCUT2D eigenvalue weighted by atomic mass is 35.5. The van der Waals surface area contributed by atoms with Crippen LogP contribution in [0.4, 0.5) is 0 Å². The van der Waals surface area contributed by atoms with Crippen molar-refractivity contribution in [3.8, 4) is 0 Å². The van der Waals surface area contributed by atoms with Crippen molar-refractivity contribution in [3.63, 3.8) is 0 Å². The standard InChI is InChI=1S/C31H34ClN3O5S/c1-3-22(2)33-30(37)27(20-23-12-5-4-6-13-23)34(21-24-14-7-9-16-26(24)32)29(36)18-11-19-35-31(38)25-15-8-10-17-28(25)41(35,39)40/h4-10,12-17,22,27H,3,11,18-21H2,1-2H3,(H,33,37)/t22-,27-/m1/s1. The highest BCUT2D eigenvalue weighted by Gasteiger charge is 2.40. The zero-order valence-electron chi connectivity index (χ0n) is 23.1. The summed E-state index contributed by atoms with van der Waals surface area (Å²) in [5, 5.41) is 3.49. The van der Waals surface area contributed by atoms with Gasteiger partial charge < -0.3 is 10.2 Å². The molecule has 0 aromatic heterocycles. The fraction of sp³-hybridized carbons (Fsp3) is 0.323. The Hall–Kier alpha value is -3.69. The van der Waals surface area contributed by atoms with Crippen LogP contribution >= 0.6 is 11.6 Å². The van der Waals surface area contributed by atoms with E-state index in [1.165, 1.54) is 17.0 Å². The number of hydrogen-bond acceptors (Lipinski definition) is 5. The largest absolute Gasteiger partial charge is 0.352 e. The summed E-state index contributed by atoms with van der Waals surface area (Å²) in [5.74, 6) is -1.22. The van der Waals surface area contributed by atoms with Crippen molar-refractivity contribution >= 4 is 39.3 Å². The van der Waals surface area contributed by atoms with E-state index in [1.54, 1.807) is 24.3 Å². The third-order valence-electron chi connectivity index (χ3n) is 7.23. The molecule has 4 rings (SSSR count). The van der Waals surface area contributed by atoms with E-state index in [0.717, 1.165) is 16.3 Å². The lowest BCUT2D eigenvalue weighted by molar-refractivity contribution is -0.141. The van der Waals surface area contributed by atoms with E-state index in [-0.39, 0.29) is 60.7 Å². The molecule has 1 aliphatic heterocycles. The highest BCUT2D eigenvalue weighted by molar-refractivity contribution is 7.90. The third-order valence-corrected chi connectivity index (χ3v) is 9.44. The van der Waals surface area contributed by atoms with Gasteiger partial charge in [0.2, 0.25) is 11.8 Å². The minimum atomic E-state index is -3.98. The van der Waals surface area contributed by atoms with Gasteiger partial charge >= 0.3 is 0 Å². The van der Waals surface area contributed by atoms with Crippen LogP contribution in [0, 0.1) is 0 Å². The van der Waals surface area contributed by atoms with E-state index < -0.39 is 22.0 Å². The molecule has 1 N–H and O–H groups in total. The van der Waals surface area contributed by atoms with Crippen molar-refractivity contribution in [3.05, 3.63) is 101 Å². The molecule has 3 aromatic rings. The van der Waals surface area contributed by atoms with Crippen LogP contribution in [0.2, 0.25) is 5.02 Å². The summed E-state index contributed by atoms with van der Waals surface area (Å²) in [5.41, 5.74) is 1.70. The van der Waals surface area contributed by atoms with Gasteiger partial charge in [0.1, 0.15) is 10.9 Å². The second kappa shape index (κ2) is 13.3. The zero-order valence-corrected chi connectivity index (χ0v) is 24.7. The molecule has 2 atom stereocenters. The first-order valence-corrected chi connectivity index (χ1v) is 15.5. The number of fused-ring (bicyclic) bond motifs is 1. The summed E-state index contributed by atoms with van der Waals surface area (Å²) in [6.07, 6.45) is 1.04. The number of halogens is 1. The van der Waals surface area contributed by atoms with Crippen LogP contribution in [0.1, 0.15) is 54.6 Å². The summed E-state index contributed by atoms with van der Waals surface area (Å²) < 4.78 is 26.7. The van der Waals surface area contributed by atoms with Gasteiger partial charge in [-0.1, -0.05) is 79.2 Å². The van der Waals surface area contributed by atoms with Crippen LogP contribution in [0.3, 0.4) is 0 Å². The van der Waals surface area contributed by atoms with Gasteiger partial charge in [0.25, 0.3) is 15.9 Å². The van der Waals surface area contributed by atoms with Gasteiger partial charge in [0.05, 0.1) is 5.56 Å². The van der Waals surface area contributed by atoms with E-state index in [0.29, 0.717) is 10.6 Å². The molecule has 216 valence electrons. The number of carbonyl (C=O) groups excluding carboxylic acids is 3. The molecule has 0 bridgehead atoms. The molecule has 0 spiro atoms. The first-order chi connectivity index (χ1) is 19.6. The molecule has 0 radical (unpaired) electrons. The Morgan fingerprint density at radius 3 is 2.32 bits per heavy atom. The quantitative estimate of drug-likeness (QED) is 0.323. The Kier molecular flexibility index (Phi) is 9.83. The third kappa shape index (κ3) is 6.97. The fourth-order valence-corrected chi connectivity index (χ4v) is 6.58. The van der Waals surface area contributed by atoms with Crippen molar-refractivity contribution < 1.29 is 22.8 Å². The number of benzene rings is 3. The van der Waals surface area contributed by atoms with Crippen molar-refractivity contribution in [2.45, 2.75) is 63.1 Å². The first-order valence-electron chi connectivity index (χ1n) is 13.7. The number of rotatable bonds is 12. The van der Waals surface area contributed by atoms with Crippen molar-refractivity contribution in [2.24, 2.45) is 0 Å². The molecule has 0 fully saturated rings. The Balaban J connectivity index is 1.58. The average Bonchev–Trinajstić information content (AvgIpc) is 3.16. The molecular formula is C31H34ClN3O5S. The Labute approximate surface area is 246 Å². The molecular weight excluding hydrogens is 562 g/mol. The van der Waals surface area contributed by atoms with Crippen molar-refractivity contribution in [1.29, 1.82) is 0 Å². The lowest BCUT2D eigenvalue weighted by Crippen LogP contribution is -2.52. The maximum atomic E-state index is 13.8. The number of carbonyl (C=O) groups is 3. The van der Waals surface area contributed by atoms with Crippen LogP contribution in [-0.4, -0.2) is 54.0 Å². The topological polar surface area (TPSA) is 104 Å². The minimum absolute atomic E-state index is 0.0266. The van der Waals surface area contributed by atoms with E-state index in [1.807, 2.05) is 56.3 Å². The second-order valence-corrected chi connectivity index (χ2v) is 12.4. The summed E-state index contributed by atoms with van der Waals surface area (Å²) in [6.45, 7) is 3.82. The highest BCUT2D eigenvalue weighted by Crippen LogP contribution is 2.30. The predicted octanol–water partition coefficient (Wildman–Crippen LogP) is 4.82. The Morgan fingerprint density at radius 1 is 0.976 bits per heavy atom. The van der Waals surface area contributed by atoms with Crippen molar-refractivity contribution in [2.75, 3.05) is 6.54 Å². The van der Waals surface area contributed by atoms with Crippen molar-refractivity contribution in [1.82, 2.24) is 14.5 Å². The lowest BCUT2D eigenvalue weighted by atomic mass is 10.0. The summed E-state index contributed by atoms with van der Waals surface area (Å²) in [4.78, 5) is 41.7. The molecule has 3 aromatic carbocycles. The molecule has 0 saturated heterocycles. The van der Waals surface area contributed by atoms with Gasteiger partial charge in [-0.25, -0.2) is 12.7 Å². The van der Waals surface area contributed by atoms with Gasteiger partial charge in [-0.15, -0.1) is 0 Å². The van der Waals surface area contributed by atoms with E-state index in [2.05, 4.69) is 5.32 Å². The smallest absolute Gasteiger partial charge is 0.269 e. The SMILES string of the molecule is CC[C@@H](C)NC(=O)[C@@H](Cc1ccccc1)N(Cc1ccccc1Cl)C(=O)CCCN1C(=O)c2ccccc2S1(=O)=O. The summed E-state index contributed by atoms with van der Waals surface area (Å²) in [6, 6.07) is 21.7. The predicted molar refractivity (Wildman–Crippen MR) is 158 cm³/mol. The molecule has 0 aliphatic carbocycles.